The summed E-state index contributed by atoms with van der Waals surface area (Å²) in [5.74, 6) is 0.724. The van der Waals surface area contributed by atoms with E-state index in [4.69, 9.17) is 0 Å². The number of hydrogen-bond donors (Lipinski definition) is 1. The highest BCUT2D eigenvalue weighted by Gasteiger charge is 2.33. The lowest BCUT2D eigenvalue weighted by molar-refractivity contribution is -0.137. The fraction of sp³-hybridized carbons (Fsp3) is 0.429. The van der Waals surface area contributed by atoms with Crippen molar-refractivity contribution < 1.29 is 9.59 Å². The third-order valence-corrected chi connectivity index (χ3v) is 5.51. The van der Waals surface area contributed by atoms with Gasteiger partial charge in [0.2, 0.25) is 11.9 Å². The fourth-order valence-electron chi connectivity index (χ4n) is 3.93. The van der Waals surface area contributed by atoms with Gasteiger partial charge in [-0.05, 0) is 31.0 Å². The Labute approximate surface area is 170 Å². The number of anilines is 2. The first kappa shape index (κ1) is 19.2. The van der Waals surface area contributed by atoms with Crippen molar-refractivity contribution in [2.45, 2.75) is 12.8 Å². The van der Waals surface area contributed by atoms with Crippen molar-refractivity contribution >= 4 is 23.6 Å². The van der Waals surface area contributed by atoms with Crippen LogP contribution in [0, 0.1) is 5.92 Å². The van der Waals surface area contributed by atoms with E-state index in [9.17, 15) is 9.59 Å². The Hall–Kier alpha value is -3.16. The van der Waals surface area contributed by atoms with Crippen molar-refractivity contribution in [1.82, 2.24) is 19.8 Å². The summed E-state index contributed by atoms with van der Waals surface area (Å²) in [5.41, 5.74) is 0.769. The highest BCUT2D eigenvalue weighted by Crippen LogP contribution is 2.21. The molecule has 8 nitrogen and oxygen atoms in total. The number of piperidine rings is 1. The molecule has 8 heteroatoms. The number of aromatic nitrogens is 2. The SMILES string of the molecule is O=C(Nc1ccccc1)N1CCC[C@H](C(=O)N2CCN(c3ncccn3)CC2)C1. The molecule has 2 aliphatic heterocycles. The maximum absolute atomic E-state index is 13.0. The van der Waals surface area contributed by atoms with Crippen molar-refractivity contribution in [2.24, 2.45) is 5.92 Å². The number of carbonyl (C=O) groups is 2. The van der Waals surface area contributed by atoms with Crippen LogP contribution in [0.1, 0.15) is 12.8 Å². The van der Waals surface area contributed by atoms with E-state index in [0.717, 1.165) is 31.6 Å². The summed E-state index contributed by atoms with van der Waals surface area (Å²) in [4.78, 5) is 40.0. The van der Waals surface area contributed by atoms with Gasteiger partial charge in [0.1, 0.15) is 0 Å². The lowest BCUT2D eigenvalue weighted by Gasteiger charge is -2.39. The number of nitrogens with zero attached hydrogens (tertiary/aromatic N) is 5. The van der Waals surface area contributed by atoms with E-state index >= 15 is 0 Å². The topological polar surface area (TPSA) is 81.7 Å². The molecule has 152 valence electrons. The van der Waals surface area contributed by atoms with Gasteiger partial charge in [-0.1, -0.05) is 18.2 Å². The van der Waals surface area contributed by atoms with E-state index in [-0.39, 0.29) is 17.9 Å². The van der Waals surface area contributed by atoms with Crippen LogP contribution < -0.4 is 10.2 Å². The zero-order chi connectivity index (χ0) is 20.1. The van der Waals surface area contributed by atoms with Crippen molar-refractivity contribution in [3.63, 3.8) is 0 Å². The van der Waals surface area contributed by atoms with Crippen LogP contribution in [0.15, 0.2) is 48.8 Å². The highest BCUT2D eigenvalue weighted by molar-refractivity contribution is 5.90. The van der Waals surface area contributed by atoms with Crippen LogP contribution in [0.5, 0.6) is 0 Å². The van der Waals surface area contributed by atoms with Gasteiger partial charge in [0.15, 0.2) is 0 Å². The minimum Gasteiger partial charge on any atom is -0.339 e. The smallest absolute Gasteiger partial charge is 0.321 e. The number of benzene rings is 1. The number of carbonyl (C=O) groups excluding carboxylic acids is 2. The Morgan fingerprint density at radius 2 is 1.62 bits per heavy atom. The average Bonchev–Trinajstić information content (AvgIpc) is 2.80. The molecule has 0 spiro atoms. The Morgan fingerprint density at radius 3 is 2.34 bits per heavy atom. The molecule has 0 saturated carbocycles. The zero-order valence-electron chi connectivity index (χ0n) is 16.4. The van der Waals surface area contributed by atoms with Crippen LogP contribution in [0.3, 0.4) is 0 Å². The van der Waals surface area contributed by atoms with E-state index < -0.39 is 0 Å². The number of nitrogens with one attached hydrogen (secondary N) is 1. The molecule has 2 aliphatic rings. The first-order valence-electron chi connectivity index (χ1n) is 10.1. The molecular formula is C21H26N6O2. The minimum atomic E-state index is -0.139. The molecule has 3 amide bonds. The second-order valence-electron chi connectivity index (χ2n) is 7.44. The second-order valence-corrected chi connectivity index (χ2v) is 7.44. The van der Waals surface area contributed by atoms with Gasteiger partial charge in [-0.15, -0.1) is 0 Å². The van der Waals surface area contributed by atoms with Crippen LogP contribution in [-0.2, 0) is 4.79 Å². The summed E-state index contributed by atoms with van der Waals surface area (Å²) >= 11 is 0. The Morgan fingerprint density at radius 1 is 0.897 bits per heavy atom. The lowest BCUT2D eigenvalue weighted by Crippen LogP contribution is -2.53. The van der Waals surface area contributed by atoms with E-state index in [1.165, 1.54) is 0 Å². The van der Waals surface area contributed by atoms with Crippen LogP contribution in [-0.4, -0.2) is 71.0 Å². The number of para-hydroxylation sites is 1. The van der Waals surface area contributed by atoms with E-state index in [0.29, 0.717) is 32.1 Å². The average molecular weight is 394 g/mol. The molecule has 0 unspecified atom stereocenters. The Balaban J connectivity index is 1.30. The summed E-state index contributed by atoms with van der Waals surface area (Å²) in [6.07, 6.45) is 5.14. The zero-order valence-corrected chi connectivity index (χ0v) is 16.4. The monoisotopic (exact) mass is 394 g/mol. The Bertz CT molecular complexity index is 824. The number of urea groups is 1. The number of hydrogen-bond acceptors (Lipinski definition) is 5. The summed E-state index contributed by atoms with van der Waals surface area (Å²) in [6, 6.07) is 11.1. The van der Waals surface area contributed by atoms with Gasteiger partial charge in [0.25, 0.3) is 0 Å². The molecule has 1 atom stereocenters. The van der Waals surface area contributed by atoms with Gasteiger partial charge < -0.3 is 20.0 Å². The van der Waals surface area contributed by atoms with Crippen molar-refractivity contribution in [1.29, 1.82) is 0 Å². The lowest BCUT2D eigenvalue weighted by atomic mass is 9.96. The number of likely N-dealkylation sites (tertiary alicyclic amines) is 1. The van der Waals surface area contributed by atoms with Crippen LogP contribution in [0.2, 0.25) is 0 Å². The second kappa shape index (κ2) is 8.89. The summed E-state index contributed by atoms with van der Waals surface area (Å²) in [5, 5.41) is 2.92. The Kier molecular flexibility index (Phi) is 5.88. The highest BCUT2D eigenvalue weighted by atomic mass is 16.2. The molecule has 1 aromatic carbocycles. The van der Waals surface area contributed by atoms with Crippen LogP contribution >= 0.6 is 0 Å². The van der Waals surface area contributed by atoms with Crippen molar-refractivity contribution in [3.8, 4) is 0 Å². The molecule has 4 rings (SSSR count). The van der Waals surface area contributed by atoms with Crippen LogP contribution in [0.25, 0.3) is 0 Å². The van der Waals surface area contributed by atoms with Gasteiger partial charge in [-0.3, -0.25) is 4.79 Å². The van der Waals surface area contributed by atoms with Crippen LogP contribution in [0.4, 0.5) is 16.4 Å². The summed E-state index contributed by atoms with van der Waals surface area (Å²) < 4.78 is 0. The maximum atomic E-state index is 13.0. The molecule has 0 radical (unpaired) electrons. The molecule has 2 fully saturated rings. The molecule has 1 N–H and O–H groups in total. The van der Waals surface area contributed by atoms with Crippen molar-refractivity contribution in [3.05, 3.63) is 48.8 Å². The third kappa shape index (κ3) is 4.64. The molecule has 0 bridgehead atoms. The van der Waals surface area contributed by atoms with Gasteiger partial charge in [0, 0.05) is 57.3 Å². The molecule has 0 aliphatic carbocycles. The molecular weight excluding hydrogens is 368 g/mol. The molecule has 3 heterocycles. The maximum Gasteiger partial charge on any atom is 0.321 e. The van der Waals surface area contributed by atoms with E-state index in [1.54, 1.807) is 23.4 Å². The predicted molar refractivity (Wildman–Crippen MR) is 111 cm³/mol. The number of amides is 3. The number of rotatable bonds is 3. The standard InChI is InChI=1S/C21H26N6O2/c28-19(25-12-14-26(15-13-25)20-22-9-5-10-23-20)17-6-4-11-27(16-17)21(29)24-18-7-2-1-3-8-18/h1-3,5,7-10,17H,4,6,11-16H2,(H,24,29)/t17-/m0/s1. The van der Waals surface area contributed by atoms with E-state index in [1.807, 2.05) is 35.2 Å². The predicted octanol–water partition coefficient (Wildman–Crippen LogP) is 2.07. The molecule has 29 heavy (non-hydrogen) atoms. The normalized spacial score (nSPS) is 19.7. The first-order valence-corrected chi connectivity index (χ1v) is 10.1. The third-order valence-electron chi connectivity index (χ3n) is 5.51. The quantitative estimate of drug-likeness (QED) is 0.862. The largest absolute Gasteiger partial charge is 0.339 e. The van der Waals surface area contributed by atoms with Gasteiger partial charge in [-0.2, -0.15) is 0 Å². The van der Waals surface area contributed by atoms with Gasteiger partial charge >= 0.3 is 6.03 Å². The number of piperazine rings is 1. The minimum absolute atomic E-state index is 0.134. The van der Waals surface area contributed by atoms with E-state index in [2.05, 4.69) is 20.2 Å². The first-order chi connectivity index (χ1) is 14.2. The molecule has 2 saturated heterocycles. The molecule has 1 aromatic heterocycles. The van der Waals surface area contributed by atoms with Gasteiger partial charge in [0.05, 0.1) is 5.92 Å². The summed E-state index contributed by atoms with van der Waals surface area (Å²) in [7, 11) is 0. The summed E-state index contributed by atoms with van der Waals surface area (Å²) in [6.45, 7) is 3.91. The fourth-order valence-corrected chi connectivity index (χ4v) is 3.93. The van der Waals surface area contributed by atoms with Gasteiger partial charge in [-0.25, -0.2) is 14.8 Å². The van der Waals surface area contributed by atoms with Crippen molar-refractivity contribution in [2.75, 3.05) is 49.5 Å². The molecule has 2 aromatic rings.